The van der Waals surface area contributed by atoms with Gasteiger partial charge in [-0.15, -0.1) is 0 Å². The fourth-order valence-corrected chi connectivity index (χ4v) is 1.74. The van der Waals surface area contributed by atoms with Gasteiger partial charge < -0.3 is 10.3 Å². The minimum atomic E-state index is -0.388. The standard InChI is InChI=1S/C13H13FN2O/c1-9-3-2-4-16(13(9)17)8-10-5-11(14)7-12(15)6-10/h2-7H,8,15H2,1H3. The van der Waals surface area contributed by atoms with Crippen LogP contribution in [0.4, 0.5) is 10.1 Å². The van der Waals surface area contributed by atoms with Crippen molar-refractivity contribution < 1.29 is 4.39 Å². The van der Waals surface area contributed by atoms with Gasteiger partial charge in [-0.2, -0.15) is 0 Å². The van der Waals surface area contributed by atoms with Gasteiger partial charge in [-0.3, -0.25) is 4.79 Å². The summed E-state index contributed by atoms with van der Waals surface area (Å²) in [6.07, 6.45) is 1.68. The molecule has 0 saturated carbocycles. The van der Waals surface area contributed by atoms with Crippen LogP contribution in [0.3, 0.4) is 0 Å². The predicted molar refractivity (Wildman–Crippen MR) is 65.4 cm³/mol. The van der Waals surface area contributed by atoms with Crippen molar-refractivity contribution in [3.63, 3.8) is 0 Å². The van der Waals surface area contributed by atoms with Crippen LogP contribution in [-0.2, 0) is 6.54 Å². The number of aromatic nitrogens is 1. The number of halogens is 1. The van der Waals surface area contributed by atoms with E-state index >= 15 is 0 Å². The molecule has 0 unspecified atom stereocenters. The van der Waals surface area contributed by atoms with Gasteiger partial charge in [-0.05, 0) is 36.8 Å². The molecule has 2 aromatic rings. The summed E-state index contributed by atoms with van der Waals surface area (Å²) in [6, 6.07) is 7.84. The van der Waals surface area contributed by atoms with E-state index in [2.05, 4.69) is 0 Å². The third-order valence-corrected chi connectivity index (χ3v) is 2.54. The SMILES string of the molecule is Cc1cccn(Cc2cc(N)cc(F)c2)c1=O. The molecular formula is C13H13FN2O. The van der Waals surface area contributed by atoms with E-state index in [1.165, 1.54) is 16.7 Å². The van der Waals surface area contributed by atoms with Crippen molar-refractivity contribution in [3.05, 3.63) is 63.8 Å². The van der Waals surface area contributed by atoms with Crippen LogP contribution in [0.2, 0.25) is 0 Å². The molecule has 0 atom stereocenters. The minimum absolute atomic E-state index is 0.0738. The number of nitrogens with zero attached hydrogens (tertiary/aromatic N) is 1. The van der Waals surface area contributed by atoms with Crippen molar-refractivity contribution in [3.8, 4) is 0 Å². The average molecular weight is 232 g/mol. The second kappa shape index (κ2) is 4.41. The molecule has 0 radical (unpaired) electrons. The summed E-state index contributed by atoms with van der Waals surface area (Å²) in [6.45, 7) is 2.07. The molecular weight excluding hydrogens is 219 g/mol. The second-order valence-electron chi connectivity index (χ2n) is 4.02. The molecule has 1 heterocycles. The summed E-state index contributed by atoms with van der Waals surface area (Å²) in [7, 11) is 0. The summed E-state index contributed by atoms with van der Waals surface area (Å²) < 4.78 is 14.7. The molecule has 2 rings (SSSR count). The predicted octanol–water partition coefficient (Wildman–Crippen LogP) is 1.93. The smallest absolute Gasteiger partial charge is 0.253 e. The number of nitrogen functional groups attached to an aromatic ring is 1. The van der Waals surface area contributed by atoms with Gasteiger partial charge in [0.05, 0.1) is 6.54 Å². The topological polar surface area (TPSA) is 48.0 Å². The highest BCUT2D eigenvalue weighted by Crippen LogP contribution is 2.11. The zero-order valence-electron chi connectivity index (χ0n) is 9.48. The molecule has 0 saturated heterocycles. The number of pyridine rings is 1. The maximum absolute atomic E-state index is 13.1. The molecule has 2 N–H and O–H groups in total. The van der Waals surface area contributed by atoms with Gasteiger partial charge in [0.2, 0.25) is 0 Å². The van der Waals surface area contributed by atoms with Crippen molar-refractivity contribution >= 4 is 5.69 Å². The Labute approximate surface area is 98.3 Å². The van der Waals surface area contributed by atoms with Crippen LogP contribution in [0.5, 0.6) is 0 Å². The number of aryl methyl sites for hydroxylation is 1. The van der Waals surface area contributed by atoms with Gasteiger partial charge >= 0.3 is 0 Å². The lowest BCUT2D eigenvalue weighted by molar-refractivity contribution is 0.623. The first-order valence-corrected chi connectivity index (χ1v) is 5.27. The largest absolute Gasteiger partial charge is 0.399 e. The van der Waals surface area contributed by atoms with Crippen LogP contribution >= 0.6 is 0 Å². The summed E-state index contributed by atoms with van der Waals surface area (Å²) in [5.74, 6) is -0.388. The highest BCUT2D eigenvalue weighted by Gasteiger charge is 2.02. The molecule has 0 aliphatic rings. The normalized spacial score (nSPS) is 10.5. The van der Waals surface area contributed by atoms with Gasteiger partial charge in [-0.1, -0.05) is 6.07 Å². The Morgan fingerprint density at radius 2 is 2.12 bits per heavy atom. The third-order valence-electron chi connectivity index (χ3n) is 2.54. The van der Waals surface area contributed by atoms with E-state index in [0.29, 0.717) is 23.4 Å². The molecule has 17 heavy (non-hydrogen) atoms. The first-order chi connectivity index (χ1) is 8.06. The fourth-order valence-electron chi connectivity index (χ4n) is 1.74. The van der Waals surface area contributed by atoms with Gasteiger partial charge in [0.15, 0.2) is 0 Å². The van der Waals surface area contributed by atoms with Crippen LogP contribution < -0.4 is 11.3 Å². The van der Waals surface area contributed by atoms with Crippen molar-refractivity contribution in [2.24, 2.45) is 0 Å². The molecule has 0 fully saturated rings. The van der Waals surface area contributed by atoms with E-state index in [0.717, 1.165) is 0 Å². The number of anilines is 1. The Morgan fingerprint density at radius 1 is 1.35 bits per heavy atom. The van der Waals surface area contributed by atoms with Crippen molar-refractivity contribution in [1.82, 2.24) is 4.57 Å². The molecule has 88 valence electrons. The van der Waals surface area contributed by atoms with Crippen molar-refractivity contribution in [2.75, 3.05) is 5.73 Å². The second-order valence-corrected chi connectivity index (χ2v) is 4.02. The Kier molecular flexibility index (Phi) is 2.95. The number of nitrogens with two attached hydrogens (primary N) is 1. The zero-order valence-corrected chi connectivity index (χ0v) is 9.48. The van der Waals surface area contributed by atoms with Gasteiger partial charge in [0.25, 0.3) is 5.56 Å². The Bertz CT molecular complexity index is 584. The Balaban J connectivity index is 2.38. The molecule has 0 aliphatic heterocycles. The van der Waals surface area contributed by atoms with Crippen molar-refractivity contribution in [2.45, 2.75) is 13.5 Å². The highest BCUT2D eigenvalue weighted by atomic mass is 19.1. The molecule has 0 spiro atoms. The maximum atomic E-state index is 13.1. The van der Waals surface area contributed by atoms with Gasteiger partial charge in [0, 0.05) is 17.4 Å². The first-order valence-electron chi connectivity index (χ1n) is 5.27. The van der Waals surface area contributed by atoms with E-state index in [1.54, 1.807) is 31.3 Å². The molecule has 0 amide bonds. The fraction of sp³-hybridized carbons (Fsp3) is 0.154. The van der Waals surface area contributed by atoms with Crippen molar-refractivity contribution in [1.29, 1.82) is 0 Å². The summed E-state index contributed by atoms with van der Waals surface area (Å²) >= 11 is 0. The lowest BCUT2D eigenvalue weighted by Crippen LogP contribution is -2.21. The van der Waals surface area contributed by atoms with Crippen LogP contribution in [0, 0.1) is 12.7 Å². The maximum Gasteiger partial charge on any atom is 0.253 e. The number of benzene rings is 1. The monoisotopic (exact) mass is 232 g/mol. The van der Waals surface area contributed by atoms with E-state index in [9.17, 15) is 9.18 Å². The van der Waals surface area contributed by atoms with E-state index in [1.807, 2.05) is 0 Å². The zero-order chi connectivity index (χ0) is 12.4. The van der Waals surface area contributed by atoms with E-state index < -0.39 is 0 Å². The molecule has 1 aromatic carbocycles. The van der Waals surface area contributed by atoms with E-state index in [4.69, 9.17) is 5.73 Å². The quantitative estimate of drug-likeness (QED) is 0.804. The van der Waals surface area contributed by atoms with Crippen LogP contribution in [0.15, 0.2) is 41.3 Å². The number of rotatable bonds is 2. The molecule has 1 aromatic heterocycles. The Morgan fingerprint density at radius 3 is 2.82 bits per heavy atom. The Hall–Kier alpha value is -2.10. The minimum Gasteiger partial charge on any atom is -0.399 e. The van der Waals surface area contributed by atoms with E-state index in [-0.39, 0.29) is 11.4 Å². The number of hydrogen-bond acceptors (Lipinski definition) is 2. The van der Waals surface area contributed by atoms with Gasteiger partial charge in [0.1, 0.15) is 5.82 Å². The first kappa shape index (κ1) is 11.4. The lowest BCUT2D eigenvalue weighted by Gasteiger charge is -2.07. The van der Waals surface area contributed by atoms with Gasteiger partial charge in [-0.25, -0.2) is 4.39 Å². The number of hydrogen-bond donors (Lipinski definition) is 1. The molecule has 0 aliphatic carbocycles. The summed E-state index contributed by atoms with van der Waals surface area (Å²) in [4.78, 5) is 11.8. The average Bonchev–Trinajstić information content (AvgIpc) is 2.23. The third kappa shape index (κ3) is 2.53. The molecule has 0 bridgehead atoms. The van der Waals surface area contributed by atoms with Crippen LogP contribution in [0.25, 0.3) is 0 Å². The van der Waals surface area contributed by atoms with Crippen LogP contribution in [0.1, 0.15) is 11.1 Å². The molecule has 3 nitrogen and oxygen atoms in total. The molecule has 4 heteroatoms. The lowest BCUT2D eigenvalue weighted by atomic mass is 10.2. The highest BCUT2D eigenvalue weighted by molar-refractivity contribution is 5.41. The summed E-state index contributed by atoms with van der Waals surface area (Å²) in [5.41, 5.74) is 7.18. The van der Waals surface area contributed by atoms with Crippen LogP contribution in [-0.4, -0.2) is 4.57 Å². The summed E-state index contributed by atoms with van der Waals surface area (Å²) in [5, 5.41) is 0.